The number of anilines is 3. The van der Waals surface area contributed by atoms with Crippen molar-refractivity contribution < 1.29 is 14.0 Å². The Labute approximate surface area is 164 Å². The second-order valence-corrected chi connectivity index (χ2v) is 7.88. The molecule has 2 N–H and O–H groups in total. The second-order valence-electron chi connectivity index (χ2n) is 7.88. The van der Waals surface area contributed by atoms with Gasteiger partial charge in [-0.2, -0.15) is 4.98 Å². The highest BCUT2D eigenvalue weighted by molar-refractivity contribution is 5.75. The van der Waals surface area contributed by atoms with Gasteiger partial charge in [-0.25, -0.2) is 14.2 Å². The fourth-order valence-electron chi connectivity index (χ4n) is 2.77. The summed E-state index contributed by atoms with van der Waals surface area (Å²) in [7, 11) is 0. The summed E-state index contributed by atoms with van der Waals surface area (Å²) in [4.78, 5) is 25.8. The molecule has 8 heteroatoms. The summed E-state index contributed by atoms with van der Waals surface area (Å²) >= 11 is 0. The first-order chi connectivity index (χ1) is 13.3. The van der Waals surface area contributed by atoms with E-state index in [1.807, 2.05) is 51.1 Å². The Bertz CT molecular complexity index is 810. The first-order valence-electron chi connectivity index (χ1n) is 9.40. The highest BCUT2D eigenvalue weighted by Gasteiger charge is 2.29. The molecule has 0 amide bonds. The van der Waals surface area contributed by atoms with Crippen molar-refractivity contribution in [2.24, 2.45) is 5.41 Å². The minimum absolute atomic E-state index is 0.0875. The van der Waals surface area contributed by atoms with Crippen molar-refractivity contribution in [1.29, 1.82) is 0 Å². The molecule has 0 saturated carbocycles. The molecular formula is C20H26FN5O2. The molecule has 150 valence electrons. The van der Waals surface area contributed by atoms with Crippen molar-refractivity contribution in [3.63, 3.8) is 0 Å². The third kappa shape index (κ3) is 5.39. The lowest BCUT2D eigenvalue weighted by Crippen LogP contribution is -2.44. The number of halogens is 1. The Morgan fingerprint density at radius 2 is 2.04 bits per heavy atom. The first-order valence-corrected chi connectivity index (χ1v) is 9.40. The van der Waals surface area contributed by atoms with E-state index in [-0.39, 0.29) is 17.8 Å². The number of benzene rings is 1. The summed E-state index contributed by atoms with van der Waals surface area (Å²) < 4.78 is 14.2. The zero-order chi connectivity index (χ0) is 20.1. The van der Waals surface area contributed by atoms with E-state index < -0.39 is 11.2 Å². The zero-order valence-corrected chi connectivity index (χ0v) is 16.4. The molecule has 1 fully saturated rings. The second kappa shape index (κ2) is 8.52. The van der Waals surface area contributed by atoms with Crippen molar-refractivity contribution >= 4 is 23.4 Å². The molecule has 28 heavy (non-hydrogen) atoms. The molecular weight excluding hydrogens is 361 g/mol. The number of piperidine rings is 1. The van der Waals surface area contributed by atoms with Crippen LogP contribution in [0.25, 0.3) is 0 Å². The summed E-state index contributed by atoms with van der Waals surface area (Å²) in [5.41, 5.74) is 0.245. The van der Waals surface area contributed by atoms with Crippen molar-refractivity contribution in [3.05, 3.63) is 42.3 Å². The van der Waals surface area contributed by atoms with Crippen LogP contribution in [-0.4, -0.2) is 40.1 Å². The molecule has 1 aliphatic heterocycles. The van der Waals surface area contributed by atoms with Crippen LogP contribution in [0.3, 0.4) is 0 Å². The number of hydrogen-bond donors (Lipinski definition) is 2. The van der Waals surface area contributed by atoms with Gasteiger partial charge < -0.3 is 15.5 Å². The highest BCUT2D eigenvalue weighted by Crippen LogP contribution is 2.22. The fraction of sp³-hybridized carbons (Fsp3) is 0.450. The molecule has 2 aromatic rings. The predicted molar refractivity (Wildman–Crippen MR) is 105 cm³/mol. The molecule has 1 saturated heterocycles. The van der Waals surface area contributed by atoms with Gasteiger partial charge in [0.1, 0.15) is 0 Å². The van der Waals surface area contributed by atoms with E-state index in [2.05, 4.69) is 20.6 Å². The van der Waals surface area contributed by atoms with Crippen LogP contribution in [0.4, 0.5) is 21.8 Å². The van der Waals surface area contributed by atoms with Crippen molar-refractivity contribution in [3.8, 4) is 0 Å². The zero-order valence-electron chi connectivity index (χ0n) is 16.4. The van der Waals surface area contributed by atoms with Crippen LogP contribution in [0.1, 0.15) is 33.6 Å². The molecule has 1 atom stereocenters. The lowest BCUT2D eigenvalue weighted by Gasteiger charge is -2.33. The van der Waals surface area contributed by atoms with E-state index >= 15 is 0 Å². The minimum atomic E-state index is -0.572. The Morgan fingerprint density at radius 1 is 1.29 bits per heavy atom. The number of carbonyl (C=O) groups is 1. The minimum Gasteiger partial charge on any atom is -0.367 e. The number of aromatic nitrogens is 2. The normalized spacial score (nSPS) is 17.8. The Morgan fingerprint density at radius 3 is 2.75 bits per heavy atom. The largest absolute Gasteiger partial charge is 0.367 e. The molecule has 1 aliphatic rings. The third-order valence-corrected chi connectivity index (χ3v) is 4.32. The average molecular weight is 387 g/mol. The molecule has 0 spiro atoms. The van der Waals surface area contributed by atoms with Gasteiger partial charge in [0, 0.05) is 18.3 Å². The van der Waals surface area contributed by atoms with Crippen LogP contribution in [-0.2, 0) is 9.63 Å². The quantitative estimate of drug-likeness (QED) is 0.809. The Hall–Kier alpha value is -2.74. The van der Waals surface area contributed by atoms with E-state index in [4.69, 9.17) is 4.84 Å². The van der Waals surface area contributed by atoms with Crippen LogP contribution >= 0.6 is 0 Å². The lowest BCUT2D eigenvalue weighted by molar-refractivity contribution is -0.204. The Kier molecular flexibility index (Phi) is 6.08. The van der Waals surface area contributed by atoms with Crippen molar-refractivity contribution in [2.75, 3.05) is 23.7 Å². The van der Waals surface area contributed by atoms with E-state index in [1.54, 1.807) is 5.06 Å². The molecule has 0 bridgehead atoms. The summed E-state index contributed by atoms with van der Waals surface area (Å²) in [6.07, 6.45) is 2.80. The van der Waals surface area contributed by atoms with Crippen LogP contribution in [0.15, 0.2) is 36.5 Å². The molecule has 3 rings (SSSR count). The maximum atomic E-state index is 14.2. The van der Waals surface area contributed by atoms with Crippen LogP contribution in [0.2, 0.25) is 0 Å². The predicted octanol–water partition coefficient (Wildman–Crippen LogP) is 3.74. The lowest BCUT2D eigenvalue weighted by atomic mass is 9.98. The van der Waals surface area contributed by atoms with Gasteiger partial charge in [-0.3, -0.25) is 0 Å². The van der Waals surface area contributed by atoms with Crippen molar-refractivity contribution in [1.82, 2.24) is 15.0 Å². The topological polar surface area (TPSA) is 79.4 Å². The van der Waals surface area contributed by atoms with E-state index in [1.165, 1.54) is 0 Å². The molecule has 1 unspecified atom stereocenters. The maximum absolute atomic E-state index is 14.2. The van der Waals surface area contributed by atoms with Gasteiger partial charge in [-0.05, 0) is 45.7 Å². The molecule has 0 aliphatic carbocycles. The van der Waals surface area contributed by atoms with Gasteiger partial charge in [0.25, 0.3) is 0 Å². The maximum Gasteiger partial charge on any atom is 0.330 e. The highest BCUT2D eigenvalue weighted by atomic mass is 19.1. The number of carbonyl (C=O) groups excluding carboxylic acids is 1. The van der Waals surface area contributed by atoms with Gasteiger partial charge in [0.2, 0.25) is 5.95 Å². The molecule has 0 radical (unpaired) electrons. The number of para-hydroxylation sites is 1. The van der Waals surface area contributed by atoms with Gasteiger partial charge >= 0.3 is 5.97 Å². The van der Waals surface area contributed by atoms with Crippen LogP contribution in [0.5, 0.6) is 0 Å². The SMILES string of the molecule is CC(C)(C)C(=O)ON1CCCC(Nc2nc(Nc3ccccc3)ncc2F)C1. The number of hydroxylamine groups is 2. The van der Waals surface area contributed by atoms with E-state index in [0.29, 0.717) is 19.0 Å². The van der Waals surface area contributed by atoms with Gasteiger partial charge in [0.05, 0.1) is 18.2 Å². The Balaban J connectivity index is 1.64. The smallest absolute Gasteiger partial charge is 0.330 e. The summed E-state index contributed by atoms with van der Waals surface area (Å²) in [5.74, 6) is -0.373. The third-order valence-electron chi connectivity index (χ3n) is 4.32. The molecule has 1 aromatic heterocycles. The fourth-order valence-corrected chi connectivity index (χ4v) is 2.77. The average Bonchev–Trinajstić information content (AvgIpc) is 2.65. The van der Waals surface area contributed by atoms with Crippen molar-refractivity contribution in [2.45, 2.75) is 39.7 Å². The molecule has 7 nitrogen and oxygen atoms in total. The number of nitrogens with one attached hydrogen (secondary N) is 2. The van der Waals surface area contributed by atoms with Gasteiger partial charge in [-0.15, -0.1) is 5.06 Å². The van der Waals surface area contributed by atoms with E-state index in [0.717, 1.165) is 24.7 Å². The summed E-state index contributed by atoms with van der Waals surface area (Å²) in [6.45, 7) is 6.56. The first kappa shape index (κ1) is 20.0. The summed E-state index contributed by atoms with van der Waals surface area (Å²) in [5, 5.41) is 7.81. The van der Waals surface area contributed by atoms with Crippen LogP contribution in [0, 0.1) is 11.2 Å². The van der Waals surface area contributed by atoms with Crippen LogP contribution < -0.4 is 10.6 Å². The van der Waals surface area contributed by atoms with Gasteiger partial charge in [0.15, 0.2) is 11.6 Å². The monoisotopic (exact) mass is 387 g/mol. The molecule has 1 aromatic carbocycles. The summed E-state index contributed by atoms with van der Waals surface area (Å²) in [6, 6.07) is 9.35. The van der Waals surface area contributed by atoms with Gasteiger partial charge in [-0.1, -0.05) is 18.2 Å². The number of hydrogen-bond acceptors (Lipinski definition) is 7. The number of nitrogens with zero attached hydrogens (tertiary/aromatic N) is 3. The number of rotatable bonds is 5. The molecule has 2 heterocycles. The van der Waals surface area contributed by atoms with E-state index in [9.17, 15) is 9.18 Å². The standard InChI is InChI=1S/C20H26FN5O2/c1-20(2,3)18(27)28-26-11-7-10-15(13-26)23-17-16(21)12-22-19(25-17)24-14-8-5-4-6-9-14/h4-6,8-9,12,15H,7,10-11,13H2,1-3H3,(H2,22,23,24,25).